The van der Waals surface area contributed by atoms with E-state index in [0.717, 1.165) is 12.8 Å². The van der Waals surface area contributed by atoms with Crippen LogP contribution >= 0.6 is 0 Å². The average Bonchev–Trinajstić information content (AvgIpc) is 2.71. The monoisotopic (exact) mass is 459 g/mol. The highest BCUT2D eigenvalue weighted by molar-refractivity contribution is 6.00. The van der Waals surface area contributed by atoms with Gasteiger partial charge in [0, 0.05) is 30.6 Å². The fourth-order valence-corrected chi connectivity index (χ4v) is 5.34. The molecule has 2 N–H and O–H groups in total. The molecular formula is C24H30FN3O5. The van der Waals surface area contributed by atoms with Gasteiger partial charge in [0.25, 0.3) is 0 Å². The van der Waals surface area contributed by atoms with Crippen molar-refractivity contribution in [3.05, 3.63) is 34.6 Å². The molecule has 33 heavy (non-hydrogen) atoms. The number of alkyl carbamates (subject to hydrolysis) is 1. The Bertz CT molecular complexity index is 954. The van der Waals surface area contributed by atoms with Crippen molar-refractivity contribution < 1.29 is 28.3 Å². The molecule has 8 nitrogen and oxygen atoms in total. The number of nitrogens with zero attached hydrogens (tertiary/aromatic N) is 1. The molecule has 0 radical (unpaired) electrons. The third-order valence-electron chi connectivity index (χ3n) is 7.31. The number of amides is 3. The summed E-state index contributed by atoms with van der Waals surface area (Å²) >= 11 is 0. The number of piperidine rings is 1. The van der Waals surface area contributed by atoms with Crippen molar-refractivity contribution in [2.75, 3.05) is 13.7 Å². The van der Waals surface area contributed by atoms with E-state index >= 15 is 0 Å². The van der Waals surface area contributed by atoms with Crippen LogP contribution in [0.25, 0.3) is 0 Å². The molecule has 0 bridgehead atoms. The van der Waals surface area contributed by atoms with Gasteiger partial charge in [-0.15, -0.1) is 0 Å². The lowest BCUT2D eigenvalue weighted by atomic mass is 9.52. The van der Waals surface area contributed by atoms with Crippen LogP contribution < -0.4 is 10.6 Å². The van der Waals surface area contributed by atoms with E-state index < -0.39 is 23.9 Å². The minimum absolute atomic E-state index is 0.0326. The molecule has 178 valence electrons. The molecule has 3 amide bonds. The van der Waals surface area contributed by atoms with Crippen LogP contribution in [0.1, 0.15) is 66.4 Å². The van der Waals surface area contributed by atoms with Crippen molar-refractivity contribution in [1.29, 1.82) is 0 Å². The quantitative estimate of drug-likeness (QED) is 0.458. The smallest absolute Gasteiger partial charge is 0.407 e. The molecule has 1 aromatic rings. The number of carbonyl (C=O) groups is 4. The molecule has 3 fully saturated rings. The number of aldehydes is 1. The number of hydrogen-bond donors (Lipinski definition) is 2. The predicted octanol–water partition coefficient (Wildman–Crippen LogP) is 2.68. The lowest BCUT2D eigenvalue weighted by Gasteiger charge is -2.54. The van der Waals surface area contributed by atoms with Gasteiger partial charge in [-0.05, 0) is 68.2 Å². The second kappa shape index (κ2) is 9.59. The Balaban J connectivity index is 1.29. The van der Waals surface area contributed by atoms with Crippen LogP contribution in [0, 0.1) is 17.2 Å². The summed E-state index contributed by atoms with van der Waals surface area (Å²) in [5, 5.41) is 4.89. The first-order valence-corrected chi connectivity index (χ1v) is 11.5. The van der Waals surface area contributed by atoms with Gasteiger partial charge in [-0.1, -0.05) is 6.42 Å². The molecule has 1 atom stereocenters. The van der Waals surface area contributed by atoms with E-state index in [2.05, 4.69) is 10.6 Å². The van der Waals surface area contributed by atoms with E-state index in [9.17, 15) is 23.6 Å². The summed E-state index contributed by atoms with van der Waals surface area (Å²) in [5.41, 5.74) is 1.29. The van der Waals surface area contributed by atoms with E-state index in [0.29, 0.717) is 36.2 Å². The SMILES string of the molecule is CN(Cc1c(F)cc(CNC(=O)OCC2CC3(CCC3)C2)cc1C=O)C1CCC(=O)NC1=O. The number of carbonyl (C=O) groups excluding carboxylic acids is 4. The molecule has 9 heteroatoms. The molecule has 1 heterocycles. The van der Waals surface area contributed by atoms with E-state index in [1.807, 2.05) is 0 Å². The third kappa shape index (κ3) is 5.24. The maximum Gasteiger partial charge on any atom is 0.407 e. The predicted molar refractivity (Wildman–Crippen MR) is 117 cm³/mol. The fourth-order valence-electron chi connectivity index (χ4n) is 5.34. The van der Waals surface area contributed by atoms with Crippen molar-refractivity contribution >= 4 is 24.2 Å². The minimum Gasteiger partial charge on any atom is -0.449 e. The van der Waals surface area contributed by atoms with Crippen LogP contribution in [-0.4, -0.2) is 48.8 Å². The Labute approximate surface area is 192 Å². The molecule has 4 rings (SSSR count). The zero-order valence-corrected chi connectivity index (χ0v) is 18.8. The summed E-state index contributed by atoms with van der Waals surface area (Å²) < 4.78 is 20.1. The van der Waals surface area contributed by atoms with Crippen molar-refractivity contribution in [2.24, 2.45) is 11.3 Å². The van der Waals surface area contributed by atoms with Gasteiger partial charge >= 0.3 is 6.09 Å². The van der Waals surface area contributed by atoms with E-state index in [-0.39, 0.29) is 36.5 Å². The van der Waals surface area contributed by atoms with E-state index in [1.54, 1.807) is 11.9 Å². The van der Waals surface area contributed by atoms with Gasteiger partial charge in [0.15, 0.2) is 0 Å². The molecule has 2 aliphatic carbocycles. The second-order valence-electron chi connectivity index (χ2n) is 9.73. The number of ether oxygens (including phenoxy) is 1. The lowest BCUT2D eigenvalue weighted by Crippen LogP contribution is -2.51. The third-order valence-corrected chi connectivity index (χ3v) is 7.31. The Morgan fingerprint density at radius 3 is 2.73 bits per heavy atom. The number of likely N-dealkylation sites (N-methyl/N-ethyl adjacent to an activating group) is 1. The van der Waals surface area contributed by atoms with Crippen LogP contribution in [0.4, 0.5) is 9.18 Å². The number of rotatable bonds is 8. The second-order valence-corrected chi connectivity index (χ2v) is 9.73. The molecular weight excluding hydrogens is 429 g/mol. The summed E-state index contributed by atoms with van der Waals surface area (Å²) in [6.45, 7) is 0.465. The Morgan fingerprint density at radius 1 is 1.33 bits per heavy atom. The molecule has 1 saturated heterocycles. The molecule has 1 unspecified atom stereocenters. The summed E-state index contributed by atoms with van der Waals surface area (Å²) in [6.07, 6.45) is 6.70. The summed E-state index contributed by atoms with van der Waals surface area (Å²) in [4.78, 5) is 48.7. The molecule has 1 aliphatic heterocycles. The fraction of sp³-hybridized carbons (Fsp3) is 0.583. The van der Waals surface area contributed by atoms with Gasteiger partial charge in [-0.25, -0.2) is 9.18 Å². The average molecular weight is 460 g/mol. The first-order valence-electron chi connectivity index (χ1n) is 11.5. The Morgan fingerprint density at radius 2 is 2.09 bits per heavy atom. The molecule has 2 saturated carbocycles. The van der Waals surface area contributed by atoms with Crippen molar-refractivity contribution in [3.63, 3.8) is 0 Å². The van der Waals surface area contributed by atoms with Gasteiger partial charge in [0.05, 0.1) is 12.6 Å². The van der Waals surface area contributed by atoms with Crippen LogP contribution in [0.2, 0.25) is 0 Å². The molecule has 1 aromatic carbocycles. The largest absolute Gasteiger partial charge is 0.449 e. The van der Waals surface area contributed by atoms with Crippen LogP contribution in [-0.2, 0) is 27.4 Å². The molecule has 1 spiro atoms. The maximum atomic E-state index is 14.8. The van der Waals surface area contributed by atoms with E-state index in [1.165, 1.54) is 31.4 Å². The van der Waals surface area contributed by atoms with Gasteiger partial charge in [-0.3, -0.25) is 24.6 Å². The summed E-state index contributed by atoms with van der Waals surface area (Å²) in [5.74, 6) is -0.916. The summed E-state index contributed by atoms with van der Waals surface area (Å²) in [6, 6.07) is 2.22. The maximum absolute atomic E-state index is 14.8. The topological polar surface area (TPSA) is 105 Å². The highest BCUT2D eigenvalue weighted by Gasteiger charge is 2.48. The van der Waals surface area contributed by atoms with Gasteiger partial charge < -0.3 is 10.1 Å². The number of hydrogen-bond acceptors (Lipinski definition) is 6. The van der Waals surface area contributed by atoms with Crippen LogP contribution in [0.15, 0.2) is 12.1 Å². The first-order chi connectivity index (χ1) is 15.8. The minimum atomic E-state index is -0.593. The Kier molecular flexibility index (Phi) is 6.78. The lowest BCUT2D eigenvalue weighted by molar-refractivity contribution is -0.137. The van der Waals surface area contributed by atoms with Crippen molar-refractivity contribution in [1.82, 2.24) is 15.5 Å². The molecule has 0 aromatic heterocycles. The van der Waals surface area contributed by atoms with Crippen LogP contribution in [0.5, 0.6) is 0 Å². The number of benzene rings is 1. The van der Waals surface area contributed by atoms with Crippen molar-refractivity contribution in [2.45, 2.75) is 64.1 Å². The zero-order chi connectivity index (χ0) is 23.6. The standard InChI is InChI=1S/C24H30FN3O5/c1-28(20-3-4-21(30)27-22(20)31)12-18-17(13-29)7-15(8-19(18)25)11-26-23(32)33-14-16-9-24(10-16)5-2-6-24/h7-8,13,16,20H,2-6,9-12,14H2,1H3,(H,26,32)(H,27,30,31). The summed E-state index contributed by atoms with van der Waals surface area (Å²) in [7, 11) is 1.65. The van der Waals surface area contributed by atoms with Gasteiger partial charge in [0.2, 0.25) is 11.8 Å². The van der Waals surface area contributed by atoms with Crippen molar-refractivity contribution in [3.8, 4) is 0 Å². The van der Waals surface area contributed by atoms with Crippen LogP contribution in [0.3, 0.4) is 0 Å². The number of halogens is 1. The number of nitrogens with one attached hydrogen (secondary N) is 2. The normalized spacial score (nSPS) is 21.8. The molecule has 3 aliphatic rings. The number of imide groups is 1. The Hall–Kier alpha value is -2.81. The van der Waals surface area contributed by atoms with Gasteiger partial charge in [0.1, 0.15) is 12.1 Å². The zero-order valence-electron chi connectivity index (χ0n) is 18.8. The highest BCUT2D eigenvalue weighted by atomic mass is 19.1. The van der Waals surface area contributed by atoms with Gasteiger partial charge in [-0.2, -0.15) is 0 Å². The van der Waals surface area contributed by atoms with E-state index in [4.69, 9.17) is 4.74 Å². The highest BCUT2D eigenvalue weighted by Crippen LogP contribution is 2.58. The first kappa shape index (κ1) is 23.4.